The lowest BCUT2D eigenvalue weighted by Gasteiger charge is -2.41. The van der Waals surface area contributed by atoms with Gasteiger partial charge in [0.05, 0.1) is 6.26 Å². The number of hydrogen-bond acceptors (Lipinski definition) is 4. The first kappa shape index (κ1) is 18.1. The van der Waals surface area contributed by atoms with Crippen LogP contribution in [0.5, 0.6) is 0 Å². The van der Waals surface area contributed by atoms with Crippen molar-refractivity contribution < 1.29 is 14.3 Å². The zero-order chi connectivity index (χ0) is 16.9. The fourth-order valence-electron chi connectivity index (χ4n) is 3.21. The summed E-state index contributed by atoms with van der Waals surface area (Å²) in [7, 11) is 0. The van der Waals surface area contributed by atoms with E-state index in [1.807, 2.05) is 31.9 Å². The highest BCUT2D eigenvalue weighted by molar-refractivity contribution is 5.68. The second-order valence-corrected chi connectivity index (χ2v) is 8.15. The fourth-order valence-corrected chi connectivity index (χ4v) is 3.21. The molecule has 2 heterocycles. The van der Waals surface area contributed by atoms with E-state index in [4.69, 9.17) is 9.47 Å². The van der Waals surface area contributed by atoms with Crippen molar-refractivity contribution in [1.82, 2.24) is 10.2 Å². The Balaban J connectivity index is 1.78. The summed E-state index contributed by atoms with van der Waals surface area (Å²) >= 11 is 0. The van der Waals surface area contributed by atoms with Crippen LogP contribution in [-0.2, 0) is 9.47 Å². The number of hydrogen-bond donors (Lipinski definition) is 1. The minimum absolute atomic E-state index is 0.0969. The molecule has 0 aromatic carbocycles. The van der Waals surface area contributed by atoms with E-state index < -0.39 is 5.60 Å². The Labute approximate surface area is 140 Å². The third-order valence-electron chi connectivity index (χ3n) is 4.38. The Hall–Kier alpha value is -1.23. The van der Waals surface area contributed by atoms with Crippen molar-refractivity contribution in [2.45, 2.75) is 65.1 Å². The standard InChI is InChI=1S/C18H32N2O3/c1-17(2,3)23-16(21)20-10-7-9-18(4,14-20)13-19-12-15-8-5-6-11-22-15/h6,11,15,19H,5,7-10,12-14H2,1-4H3. The summed E-state index contributed by atoms with van der Waals surface area (Å²) in [4.78, 5) is 14.1. The van der Waals surface area contributed by atoms with E-state index in [1.54, 1.807) is 0 Å². The molecule has 2 aliphatic rings. The Morgan fingerprint density at radius 2 is 2.26 bits per heavy atom. The van der Waals surface area contributed by atoms with E-state index in [0.29, 0.717) is 0 Å². The second kappa shape index (κ2) is 7.56. The quantitative estimate of drug-likeness (QED) is 0.862. The van der Waals surface area contributed by atoms with Gasteiger partial charge in [-0.3, -0.25) is 0 Å². The van der Waals surface area contributed by atoms with E-state index in [1.165, 1.54) is 0 Å². The molecule has 23 heavy (non-hydrogen) atoms. The summed E-state index contributed by atoms with van der Waals surface area (Å²) in [5.74, 6) is 0. The number of rotatable bonds is 4. The largest absolute Gasteiger partial charge is 0.497 e. The number of carbonyl (C=O) groups is 1. The van der Waals surface area contributed by atoms with Gasteiger partial charge in [-0.1, -0.05) is 6.92 Å². The van der Waals surface area contributed by atoms with Gasteiger partial charge in [-0.05, 0) is 57.9 Å². The summed E-state index contributed by atoms with van der Waals surface area (Å²) in [6.45, 7) is 11.3. The molecule has 132 valence electrons. The van der Waals surface area contributed by atoms with Crippen molar-refractivity contribution >= 4 is 6.09 Å². The highest BCUT2D eigenvalue weighted by Gasteiger charge is 2.34. The van der Waals surface area contributed by atoms with Gasteiger partial charge >= 0.3 is 6.09 Å². The zero-order valence-electron chi connectivity index (χ0n) is 15.1. The average Bonchev–Trinajstić information content (AvgIpc) is 2.46. The lowest BCUT2D eigenvalue weighted by molar-refractivity contribution is 0.00624. The Morgan fingerprint density at radius 3 is 2.91 bits per heavy atom. The van der Waals surface area contributed by atoms with Gasteiger partial charge in [0.2, 0.25) is 0 Å². The topological polar surface area (TPSA) is 50.8 Å². The van der Waals surface area contributed by atoms with Crippen molar-refractivity contribution in [3.63, 3.8) is 0 Å². The van der Waals surface area contributed by atoms with E-state index in [-0.39, 0.29) is 17.6 Å². The summed E-state index contributed by atoms with van der Waals surface area (Å²) in [6.07, 6.45) is 8.28. The van der Waals surface area contributed by atoms with E-state index in [9.17, 15) is 4.79 Å². The molecule has 0 aromatic rings. The molecular weight excluding hydrogens is 292 g/mol. The van der Waals surface area contributed by atoms with Crippen LogP contribution >= 0.6 is 0 Å². The van der Waals surface area contributed by atoms with Crippen LogP contribution in [0, 0.1) is 5.41 Å². The van der Waals surface area contributed by atoms with Crippen molar-refractivity contribution in [2.75, 3.05) is 26.2 Å². The number of piperidine rings is 1. The van der Waals surface area contributed by atoms with E-state index in [0.717, 1.165) is 51.9 Å². The number of ether oxygens (including phenoxy) is 2. The molecule has 0 radical (unpaired) electrons. The van der Waals surface area contributed by atoms with E-state index in [2.05, 4.69) is 18.3 Å². The van der Waals surface area contributed by atoms with Gasteiger partial charge in [-0.25, -0.2) is 4.79 Å². The highest BCUT2D eigenvalue weighted by atomic mass is 16.6. The van der Waals surface area contributed by atoms with Crippen LogP contribution in [-0.4, -0.2) is 48.9 Å². The predicted octanol–water partition coefficient (Wildman–Crippen LogP) is 3.31. The Bertz CT molecular complexity index is 430. The molecule has 5 heteroatoms. The average molecular weight is 324 g/mol. The zero-order valence-corrected chi connectivity index (χ0v) is 15.1. The highest BCUT2D eigenvalue weighted by Crippen LogP contribution is 2.29. The first-order valence-corrected chi connectivity index (χ1v) is 8.77. The van der Waals surface area contributed by atoms with Crippen LogP contribution in [0.15, 0.2) is 12.3 Å². The minimum Gasteiger partial charge on any atom is -0.497 e. The predicted molar refractivity (Wildman–Crippen MR) is 91.3 cm³/mol. The number of amides is 1. The molecule has 0 aliphatic carbocycles. The number of carbonyl (C=O) groups excluding carboxylic acids is 1. The van der Waals surface area contributed by atoms with Crippen LogP contribution in [0.1, 0.15) is 53.4 Å². The molecule has 1 saturated heterocycles. The summed E-state index contributed by atoms with van der Waals surface area (Å²) < 4.78 is 11.1. The van der Waals surface area contributed by atoms with Crippen LogP contribution in [0.25, 0.3) is 0 Å². The molecule has 2 rings (SSSR count). The number of likely N-dealkylation sites (tertiary alicyclic amines) is 1. The summed E-state index contributed by atoms with van der Waals surface area (Å²) in [5.41, 5.74) is -0.339. The molecule has 2 atom stereocenters. The normalized spacial score (nSPS) is 28.3. The summed E-state index contributed by atoms with van der Waals surface area (Å²) in [6, 6.07) is 0. The summed E-state index contributed by atoms with van der Waals surface area (Å²) in [5, 5.41) is 3.54. The maximum atomic E-state index is 12.3. The number of nitrogens with one attached hydrogen (secondary N) is 1. The van der Waals surface area contributed by atoms with Crippen LogP contribution < -0.4 is 5.32 Å². The van der Waals surface area contributed by atoms with Crippen molar-refractivity contribution in [1.29, 1.82) is 0 Å². The van der Waals surface area contributed by atoms with Crippen molar-refractivity contribution in [3.05, 3.63) is 12.3 Å². The number of nitrogens with zero attached hydrogens (tertiary/aromatic N) is 1. The second-order valence-electron chi connectivity index (χ2n) is 8.15. The van der Waals surface area contributed by atoms with Gasteiger partial charge in [0, 0.05) is 26.2 Å². The van der Waals surface area contributed by atoms with Gasteiger partial charge in [0.15, 0.2) is 0 Å². The first-order valence-electron chi connectivity index (χ1n) is 8.77. The van der Waals surface area contributed by atoms with Gasteiger partial charge in [-0.2, -0.15) is 0 Å². The third kappa shape index (κ3) is 6.05. The third-order valence-corrected chi connectivity index (χ3v) is 4.38. The van der Waals surface area contributed by atoms with E-state index >= 15 is 0 Å². The molecule has 1 amide bonds. The fraction of sp³-hybridized carbons (Fsp3) is 0.833. The molecule has 0 aromatic heterocycles. The van der Waals surface area contributed by atoms with Gasteiger partial charge in [0.1, 0.15) is 11.7 Å². The molecule has 5 nitrogen and oxygen atoms in total. The SMILES string of the molecule is CC1(CNCC2CCC=CO2)CCCN(C(=O)OC(C)(C)C)C1. The molecule has 2 aliphatic heterocycles. The van der Waals surface area contributed by atoms with Gasteiger partial charge in [-0.15, -0.1) is 0 Å². The minimum atomic E-state index is -0.435. The Kier molecular flexibility index (Phi) is 5.95. The molecule has 1 fully saturated rings. The van der Waals surface area contributed by atoms with Gasteiger partial charge < -0.3 is 19.7 Å². The molecule has 0 saturated carbocycles. The lowest BCUT2D eigenvalue weighted by Crippen LogP contribution is -2.50. The maximum Gasteiger partial charge on any atom is 0.410 e. The lowest BCUT2D eigenvalue weighted by atomic mass is 9.82. The van der Waals surface area contributed by atoms with Crippen molar-refractivity contribution in [2.24, 2.45) is 5.41 Å². The smallest absolute Gasteiger partial charge is 0.410 e. The number of allylic oxidation sites excluding steroid dienone is 1. The van der Waals surface area contributed by atoms with Crippen LogP contribution in [0.3, 0.4) is 0 Å². The molecule has 2 unspecified atom stereocenters. The molecule has 1 N–H and O–H groups in total. The molecular formula is C18H32N2O3. The monoisotopic (exact) mass is 324 g/mol. The van der Waals surface area contributed by atoms with Crippen molar-refractivity contribution in [3.8, 4) is 0 Å². The van der Waals surface area contributed by atoms with Crippen LogP contribution in [0.2, 0.25) is 0 Å². The van der Waals surface area contributed by atoms with Gasteiger partial charge in [0.25, 0.3) is 0 Å². The first-order chi connectivity index (χ1) is 10.8. The Morgan fingerprint density at radius 1 is 1.48 bits per heavy atom. The molecule has 0 spiro atoms. The van der Waals surface area contributed by atoms with Crippen LogP contribution in [0.4, 0.5) is 4.79 Å². The maximum absolute atomic E-state index is 12.3. The molecule has 0 bridgehead atoms.